The van der Waals surface area contributed by atoms with E-state index in [0.717, 1.165) is 34.7 Å². The molecule has 6 aromatic carbocycles. The lowest BCUT2D eigenvalue weighted by Crippen LogP contribution is -2.08. The standard InChI is InChI=1S/C44H29N5S/c1-4-11-28(12-5-1)41-46-42(29-13-6-2-7-14-29)48-43(47-41)32-20-23-40-37(27-32)36-26-31(19-22-39(36)50-40)30-18-21-38-35(25-30)34-17-10-24-45-44(34)49(38)33-15-8-3-9-16-33/h1-23,25-27,45H,24H2. The van der Waals surface area contributed by atoms with Crippen molar-refractivity contribution in [2.75, 3.05) is 11.9 Å². The minimum Gasteiger partial charge on any atom is -0.367 e. The Hall–Kier alpha value is -6.37. The van der Waals surface area contributed by atoms with E-state index in [1.807, 2.05) is 72.0 Å². The van der Waals surface area contributed by atoms with Gasteiger partial charge >= 0.3 is 0 Å². The van der Waals surface area contributed by atoms with E-state index in [0.29, 0.717) is 17.5 Å². The zero-order chi connectivity index (χ0) is 33.0. The summed E-state index contributed by atoms with van der Waals surface area (Å²) in [5.41, 5.74) is 8.85. The summed E-state index contributed by atoms with van der Waals surface area (Å²) in [4.78, 5) is 14.9. The molecule has 1 N–H and O–H groups in total. The van der Waals surface area contributed by atoms with Crippen LogP contribution in [0.4, 0.5) is 5.82 Å². The number of para-hydroxylation sites is 1. The lowest BCUT2D eigenvalue weighted by molar-refractivity contribution is 1.07. The van der Waals surface area contributed by atoms with Gasteiger partial charge in [0.2, 0.25) is 0 Å². The van der Waals surface area contributed by atoms with E-state index < -0.39 is 0 Å². The van der Waals surface area contributed by atoms with E-state index in [2.05, 4.69) is 107 Å². The van der Waals surface area contributed by atoms with E-state index in [1.165, 1.54) is 47.8 Å². The lowest BCUT2D eigenvalue weighted by atomic mass is 9.99. The van der Waals surface area contributed by atoms with Crippen molar-refractivity contribution in [3.8, 4) is 51.0 Å². The Morgan fingerprint density at radius 1 is 0.500 bits per heavy atom. The number of hydrogen-bond donors (Lipinski definition) is 1. The van der Waals surface area contributed by atoms with Gasteiger partial charge in [-0.3, -0.25) is 4.57 Å². The second-order valence-electron chi connectivity index (χ2n) is 12.5. The van der Waals surface area contributed by atoms with Gasteiger partial charge in [-0.2, -0.15) is 0 Å². The molecule has 0 fully saturated rings. The molecule has 9 aromatic rings. The van der Waals surface area contributed by atoms with Crippen LogP contribution in [0.3, 0.4) is 0 Å². The molecule has 6 heteroatoms. The van der Waals surface area contributed by atoms with Crippen molar-refractivity contribution in [2.24, 2.45) is 0 Å². The average Bonchev–Trinajstić information content (AvgIpc) is 3.73. The van der Waals surface area contributed by atoms with Crippen LogP contribution in [0.25, 0.3) is 88.1 Å². The fourth-order valence-corrected chi connectivity index (χ4v) is 8.12. The van der Waals surface area contributed by atoms with E-state index >= 15 is 0 Å². The van der Waals surface area contributed by atoms with Crippen LogP contribution in [0, 0.1) is 0 Å². The van der Waals surface area contributed by atoms with E-state index in [1.54, 1.807) is 0 Å². The largest absolute Gasteiger partial charge is 0.367 e. The predicted octanol–water partition coefficient (Wildman–Crippen LogP) is 11.3. The molecule has 5 nitrogen and oxygen atoms in total. The number of benzene rings is 6. The van der Waals surface area contributed by atoms with Crippen LogP contribution in [0.2, 0.25) is 0 Å². The molecular weight excluding hydrogens is 631 g/mol. The van der Waals surface area contributed by atoms with Crippen LogP contribution in [0.15, 0.2) is 152 Å². The van der Waals surface area contributed by atoms with Crippen LogP contribution < -0.4 is 5.32 Å². The highest BCUT2D eigenvalue weighted by molar-refractivity contribution is 7.25. The molecular formula is C44H29N5S. The number of anilines is 1. The molecule has 0 aliphatic carbocycles. The molecule has 10 rings (SSSR count). The van der Waals surface area contributed by atoms with Crippen molar-refractivity contribution in [1.29, 1.82) is 0 Å². The predicted molar refractivity (Wildman–Crippen MR) is 209 cm³/mol. The minimum absolute atomic E-state index is 0.662. The first-order chi connectivity index (χ1) is 24.8. The number of thiophene rings is 1. The summed E-state index contributed by atoms with van der Waals surface area (Å²) in [5, 5.41) is 7.30. The van der Waals surface area contributed by atoms with Crippen molar-refractivity contribution in [2.45, 2.75) is 0 Å². The van der Waals surface area contributed by atoms with Gasteiger partial charge in [-0.25, -0.2) is 15.0 Å². The first-order valence-corrected chi connectivity index (χ1v) is 17.6. The summed E-state index contributed by atoms with van der Waals surface area (Å²) in [5.74, 6) is 3.13. The molecule has 4 heterocycles. The van der Waals surface area contributed by atoms with Gasteiger partial charge in [0, 0.05) is 60.0 Å². The molecule has 50 heavy (non-hydrogen) atoms. The normalized spacial score (nSPS) is 12.4. The van der Waals surface area contributed by atoms with Gasteiger partial charge in [0.15, 0.2) is 17.5 Å². The number of fused-ring (bicyclic) bond motifs is 6. The highest BCUT2D eigenvalue weighted by Crippen LogP contribution is 2.41. The van der Waals surface area contributed by atoms with Gasteiger partial charge in [-0.05, 0) is 65.7 Å². The maximum atomic E-state index is 4.99. The van der Waals surface area contributed by atoms with Gasteiger partial charge in [-0.1, -0.05) is 103 Å². The van der Waals surface area contributed by atoms with Crippen molar-refractivity contribution in [3.05, 3.63) is 157 Å². The van der Waals surface area contributed by atoms with Crippen LogP contribution >= 0.6 is 11.3 Å². The van der Waals surface area contributed by atoms with Crippen molar-refractivity contribution in [1.82, 2.24) is 19.5 Å². The van der Waals surface area contributed by atoms with E-state index in [4.69, 9.17) is 15.0 Å². The molecule has 0 atom stereocenters. The van der Waals surface area contributed by atoms with Crippen molar-refractivity contribution < 1.29 is 0 Å². The first-order valence-electron chi connectivity index (χ1n) is 16.8. The first kappa shape index (κ1) is 28.6. The Labute approximate surface area is 292 Å². The monoisotopic (exact) mass is 659 g/mol. The summed E-state index contributed by atoms with van der Waals surface area (Å²) in [6.45, 7) is 0.818. The molecule has 0 amide bonds. The molecule has 0 spiro atoms. The topological polar surface area (TPSA) is 55.6 Å². The number of nitrogens with zero attached hydrogens (tertiary/aromatic N) is 4. The van der Waals surface area contributed by atoms with Gasteiger partial charge < -0.3 is 5.32 Å². The Balaban J connectivity index is 1.10. The third-order valence-corrected chi connectivity index (χ3v) is 10.6. The Morgan fingerprint density at radius 2 is 1.02 bits per heavy atom. The van der Waals surface area contributed by atoms with Crippen LogP contribution in [-0.2, 0) is 0 Å². The van der Waals surface area contributed by atoms with Gasteiger partial charge in [-0.15, -0.1) is 11.3 Å². The summed E-state index contributed by atoms with van der Waals surface area (Å²) >= 11 is 1.82. The Morgan fingerprint density at radius 3 is 1.66 bits per heavy atom. The van der Waals surface area contributed by atoms with Gasteiger partial charge in [0.25, 0.3) is 0 Å². The second-order valence-corrected chi connectivity index (χ2v) is 13.6. The molecule has 1 aliphatic heterocycles. The van der Waals surface area contributed by atoms with Crippen molar-refractivity contribution in [3.63, 3.8) is 0 Å². The van der Waals surface area contributed by atoms with Crippen molar-refractivity contribution >= 4 is 54.3 Å². The van der Waals surface area contributed by atoms with Crippen LogP contribution in [0.1, 0.15) is 5.56 Å². The number of aromatic nitrogens is 4. The molecule has 1 aliphatic rings. The fourth-order valence-electron chi connectivity index (χ4n) is 7.05. The van der Waals surface area contributed by atoms with E-state index in [9.17, 15) is 0 Å². The van der Waals surface area contributed by atoms with E-state index in [-0.39, 0.29) is 0 Å². The Kier molecular flexibility index (Phi) is 6.67. The molecule has 0 radical (unpaired) electrons. The minimum atomic E-state index is 0.662. The smallest absolute Gasteiger partial charge is 0.164 e. The Bertz CT molecular complexity index is 2690. The number of rotatable bonds is 5. The third kappa shape index (κ3) is 4.80. The molecule has 0 saturated carbocycles. The van der Waals surface area contributed by atoms with Gasteiger partial charge in [0.05, 0.1) is 5.52 Å². The zero-order valence-corrected chi connectivity index (χ0v) is 27.7. The summed E-state index contributed by atoms with van der Waals surface area (Å²) in [6, 6.07) is 51.1. The quantitative estimate of drug-likeness (QED) is 0.200. The van der Waals surface area contributed by atoms with Gasteiger partial charge in [0.1, 0.15) is 5.82 Å². The number of hydrogen-bond acceptors (Lipinski definition) is 5. The highest BCUT2D eigenvalue weighted by Gasteiger charge is 2.20. The summed E-state index contributed by atoms with van der Waals surface area (Å²) in [7, 11) is 0. The number of nitrogens with one attached hydrogen (secondary N) is 1. The lowest BCUT2D eigenvalue weighted by Gasteiger charge is -2.14. The van der Waals surface area contributed by atoms with Crippen LogP contribution in [-0.4, -0.2) is 26.1 Å². The molecule has 0 unspecified atom stereocenters. The zero-order valence-electron chi connectivity index (χ0n) is 26.9. The summed E-state index contributed by atoms with van der Waals surface area (Å²) < 4.78 is 4.83. The maximum Gasteiger partial charge on any atom is 0.164 e. The molecule has 3 aromatic heterocycles. The fraction of sp³-hybridized carbons (Fsp3) is 0.0227. The molecule has 236 valence electrons. The third-order valence-electron chi connectivity index (χ3n) is 9.45. The average molecular weight is 660 g/mol. The highest BCUT2D eigenvalue weighted by atomic mass is 32.1. The maximum absolute atomic E-state index is 4.99. The summed E-state index contributed by atoms with van der Waals surface area (Å²) in [6.07, 6.45) is 4.45. The molecule has 0 saturated heterocycles. The van der Waals surface area contributed by atoms with Crippen LogP contribution in [0.5, 0.6) is 0 Å². The SMILES string of the molecule is C1=Cc2c(n(-c3ccccc3)c3ccc(-c4ccc5sc6ccc(-c7nc(-c8ccccc8)nc(-c8ccccc8)n7)cc6c5c4)cc23)NC1. The molecule has 0 bridgehead atoms. The second kappa shape index (κ2) is 11.7.